The number of hydrogen-bond acceptors (Lipinski definition) is 1. The van der Waals surface area contributed by atoms with Crippen molar-refractivity contribution in [1.29, 1.82) is 0 Å². The first-order chi connectivity index (χ1) is 8.68. The molecule has 3 heterocycles. The molecule has 0 atom stereocenters. The molecule has 0 aliphatic carbocycles. The Bertz CT molecular complexity index is 627. The lowest BCUT2D eigenvalue weighted by atomic mass is 10.1. The summed E-state index contributed by atoms with van der Waals surface area (Å²) >= 11 is 0. The van der Waals surface area contributed by atoms with E-state index in [1.807, 2.05) is 19.3 Å². The van der Waals surface area contributed by atoms with Gasteiger partial charge in [0.2, 0.25) is 0 Å². The van der Waals surface area contributed by atoms with Gasteiger partial charge in [0.1, 0.15) is 0 Å². The highest BCUT2D eigenvalue weighted by Gasteiger charge is 2.13. The molecule has 3 aromatic heterocycles. The number of aromatic nitrogens is 4. The second-order valence-corrected chi connectivity index (χ2v) is 4.60. The highest BCUT2D eigenvalue weighted by molar-refractivity contribution is 5.69. The van der Waals surface area contributed by atoms with Gasteiger partial charge in [0.05, 0.1) is 17.6 Å². The highest BCUT2D eigenvalue weighted by Crippen LogP contribution is 2.28. The predicted octanol–water partition coefficient (Wildman–Crippen LogP) is 3.12. The molecular weight excluding hydrogens is 224 g/mol. The molecule has 0 unspecified atom stereocenters. The van der Waals surface area contributed by atoms with Gasteiger partial charge in [-0.15, -0.1) is 0 Å². The molecule has 0 radical (unpaired) electrons. The number of aromatic amines is 2. The highest BCUT2D eigenvalue weighted by atomic mass is 15.1. The summed E-state index contributed by atoms with van der Waals surface area (Å²) in [6.45, 7) is 6.27. The van der Waals surface area contributed by atoms with Gasteiger partial charge in [-0.05, 0) is 38.5 Å². The standard InChI is InChI=1S/C14H16N4/c1-9-5-4-6-18(9)13-8-15-14(10(13)2)12-7-16-17-11(12)3/h4-8,15H,1-3H3,(H,16,17). The van der Waals surface area contributed by atoms with Crippen LogP contribution in [0, 0.1) is 20.8 Å². The van der Waals surface area contributed by atoms with Gasteiger partial charge in [-0.3, -0.25) is 5.10 Å². The summed E-state index contributed by atoms with van der Waals surface area (Å²) in [6, 6.07) is 4.17. The van der Waals surface area contributed by atoms with E-state index in [9.17, 15) is 0 Å². The lowest BCUT2D eigenvalue weighted by Gasteiger charge is -2.05. The Hall–Kier alpha value is -2.23. The average Bonchev–Trinajstić information content (AvgIpc) is 3.01. The third kappa shape index (κ3) is 1.49. The van der Waals surface area contributed by atoms with Crippen LogP contribution in [0.15, 0.2) is 30.7 Å². The molecule has 0 amide bonds. The number of nitrogens with one attached hydrogen (secondary N) is 2. The van der Waals surface area contributed by atoms with Crippen LogP contribution in [0.5, 0.6) is 0 Å². The largest absolute Gasteiger partial charge is 0.359 e. The zero-order valence-electron chi connectivity index (χ0n) is 10.8. The topological polar surface area (TPSA) is 49.4 Å². The fraction of sp³-hybridized carbons (Fsp3) is 0.214. The number of aryl methyl sites for hydroxylation is 2. The molecule has 0 aliphatic rings. The predicted molar refractivity (Wildman–Crippen MR) is 71.9 cm³/mol. The monoisotopic (exact) mass is 240 g/mol. The number of rotatable bonds is 2. The van der Waals surface area contributed by atoms with E-state index in [0.717, 1.165) is 17.0 Å². The molecule has 3 aromatic rings. The van der Waals surface area contributed by atoms with Crippen LogP contribution in [-0.4, -0.2) is 19.7 Å². The molecule has 0 aliphatic heterocycles. The lowest BCUT2D eigenvalue weighted by molar-refractivity contribution is 1.01. The molecule has 92 valence electrons. The molecule has 0 spiro atoms. The van der Waals surface area contributed by atoms with E-state index in [1.54, 1.807) is 0 Å². The van der Waals surface area contributed by atoms with Crippen LogP contribution in [0.1, 0.15) is 17.0 Å². The van der Waals surface area contributed by atoms with Gasteiger partial charge in [-0.1, -0.05) is 0 Å². The van der Waals surface area contributed by atoms with E-state index < -0.39 is 0 Å². The van der Waals surface area contributed by atoms with Crippen molar-refractivity contribution in [3.05, 3.63) is 47.7 Å². The molecule has 18 heavy (non-hydrogen) atoms. The second-order valence-electron chi connectivity index (χ2n) is 4.60. The summed E-state index contributed by atoms with van der Waals surface area (Å²) in [5.41, 5.74) is 6.99. The summed E-state index contributed by atoms with van der Waals surface area (Å²) in [6.07, 6.45) is 5.99. The van der Waals surface area contributed by atoms with Crippen LogP contribution in [-0.2, 0) is 0 Å². The SMILES string of the molecule is Cc1[nH]ncc1-c1[nH]cc(-n2cccc2C)c1C. The van der Waals surface area contributed by atoms with E-state index in [0.29, 0.717) is 0 Å². The smallest absolute Gasteiger partial charge is 0.0663 e. The van der Waals surface area contributed by atoms with Crippen molar-refractivity contribution in [1.82, 2.24) is 19.7 Å². The summed E-state index contributed by atoms with van der Waals surface area (Å²) in [4.78, 5) is 3.35. The molecular formula is C14H16N4. The van der Waals surface area contributed by atoms with Gasteiger partial charge in [-0.2, -0.15) is 5.10 Å². The van der Waals surface area contributed by atoms with Gasteiger partial charge in [0, 0.05) is 29.3 Å². The third-order valence-electron chi connectivity index (χ3n) is 3.42. The van der Waals surface area contributed by atoms with Crippen molar-refractivity contribution < 1.29 is 0 Å². The molecule has 4 nitrogen and oxygen atoms in total. The van der Waals surface area contributed by atoms with Gasteiger partial charge < -0.3 is 9.55 Å². The molecule has 0 bridgehead atoms. The van der Waals surface area contributed by atoms with E-state index in [4.69, 9.17) is 0 Å². The molecule has 0 saturated carbocycles. The second kappa shape index (κ2) is 3.91. The number of H-pyrrole nitrogens is 2. The zero-order valence-corrected chi connectivity index (χ0v) is 10.8. The van der Waals surface area contributed by atoms with Crippen molar-refractivity contribution in [2.45, 2.75) is 20.8 Å². The Kier molecular flexibility index (Phi) is 2.37. The molecule has 0 saturated heterocycles. The van der Waals surface area contributed by atoms with Gasteiger partial charge >= 0.3 is 0 Å². The summed E-state index contributed by atoms with van der Waals surface area (Å²) in [5.74, 6) is 0. The minimum atomic E-state index is 1.08. The zero-order chi connectivity index (χ0) is 12.7. The Balaban J connectivity index is 2.15. The molecule has 0 fully saturated rings. The van der Waals surface area contributed by atoms with Crippen LogP contribution < -0.4 is 0 Å². The molecule has 2 N–H and O–H groups in total. The van der Waals surface area contributed by atoms with Crippen molar-refractivity contribution in [2.24, 2.45) is 0 Å². The average molecular weight is 240 g/mol. The van der Waals surface area contributed by atoms with Crippen LogP contribution in [0.4, 0.5) is 0 Å². The first-order valence-electron chi connectivity index (χ1n) is 6.01. The Labute approximate surface area is 106 Å². The van der Waals surface area contributed by atoms with Crippen molar-refractivity contribution in [3.63, 3.8) is 0 Å². The Morgan fingerprint density at radius 2 is 2.06 bits per heavy atom. The van der Waals surface area contributed by atoms with Crippen LogP contribution in [0.3, 0.4) is 0 Å². The summed E-state index contributed by atoms with van der Waals surface area (Å²) < 4.78 is 2.19. The lowest BCUT2D eigenvalue weighted by Crippen LogP contribution is -1.94. The number of nitrogens with zero attached hydrogens (tertiary/aromatic N) is 2. The maximum Gasteiger partial charge on any atom is 0.0663 e. The first-order valence-corrected chi connectivity index (χ1v) is 6.01. The normalized spacial score (nSPS) is 11.1. The maximum absolute atomic E-state index is 4.08. The van der Waals surface area contributed by atoms with Gasteiger partial charge in [-0.25, -0.2) is 0 Å². The van der Waals surface area contributed by atoms with Crippen molar-refractivity contribution in [3.8, 4) is 16.9 Å². The van der Waals surface area contributed by atoms with Crippen LogP contribution >= 0.6 is 0 Å². The van der Waals surface area contributed by atoms with Crippen molar-refractivity contribution in [2.75, 3.05) is 0 Å². The summed E-state index contributed by atoms with van der Waals surface area (Å²) in [7, 11) is 0. The van der Waals surface area contributed by atoms with Crippen LogP contribution in [0.2, 0.25) is 0 Å². The van der Waals surface area contributed by atoms with E-state index >= 15 is 0 Å². The van der Waals surface area contributed by atoms with Crippen molar-refractivity contribution >= 4 is 0 Å². The third-order valence-corrected chi connectivity index (χ3v) is 3.42. The van der Waals surface area contributed by atoms with E-state index in [2.05, 4.69) is 51.9 Å². The maximum atomic E-state index is 4.08. The molecule has 0 aromatic carbocycles. The minimum Gasteiger partial charge on any atom is -0.359 e. The summed E-state index contributed by atoms with van der Waals surface area (Å²) in [5, 5.41) is 7.05. The van der Waals surface area contributed by atoms with E-state index in [1.165, 1.54) is 16.9 Å². The quantitative estimate of drug-likeness (QED) is 0.710. The first kappa shape index (κ1) is 10.9. The Morgan fingerprint density at radius 1 is 1.22 bits per heavy atom. The van der Waals surface area contributed by atoms with Gasteiger partial charge in [0.15, 0.2) is 0 Å². The van der Waals surface area contributed by atoms with Crippen LogP contribution in [0.25, 0.3) is 16.9 Å². The van der Waals surface area contributed by atoms with Gasteiger partial charge in [0.25, 0.3) is 0 Å². The Morgan fingerprint density at radius 3 is 2.67 bits per heavy atom. The molecule has 3 rings (SSSR count). The fourth-order valence-corrected chi connectivity index (χ4v) is 2.35. The molecule has 4 heteroatoms. The van der Waals surface area contributed by atoms with E-state index in [-0.39, 0.29) is 0 Å². The minimum absolute atomic E-state index is 1.08. The number of hydrogen-bond donors (Lipinski definition) is 2. The fourth-order valence-electron chi connectivity index (χ4n) is 2.35.